The summed E-state index contributed by atoms with van der Waals surface area (Å²) in [5, 5.41) is 0. The fourth-order valence-corrected chi connectivity index (χ4v) is 3.01. The summed E-state index contributed by atoms with van der Waals surface area (Å²) >= 11 is 0. The predicted molar refractivity (Wildman–Crippen MR) is 71.4 cm³/mol. The number of benzene rings is 2. The van der Waals surface area contributed by atoms with E-state index in [0.717, 1.165) is 4.31 Å². The van der Waals surface area contributed by atoms with Gasteiger partial charge in [0, 0.05) is 13.6 Å². The van der Waals surface area contributed by atoms with Gasteiger partial charge in [0.25, 0.3) is 0 Å². The molecule has 0 aromatic heterocycles. The molecule has 0 fully saturated rings. The minimum absolute atomic E-state index is 0.0123. The van der Waals surface area contributed by atoms with Crippen molar-refractivity contribution in [2.75, 3.05) is 7.05 Å². The highest BCUT2D eigenvalue weighted by Gasteiger charge is 2.27. The Labute approximate surface area is 120 Å². The van der Waals surface area contributed by atoms with Crippen LogP contribution < -0.4 is 0 Å². The number of sulfonamides is 1. The Morgan fingerprint density at radius 1 is 0.952 bits per heavy atom. The van der Waals surface area contributed by atoms with Crippen LogP contribution in [0.25, 0.3) is 0 Å². The summed E-state index contributed by atoms with van der Waals surface area (Å²) < 4.78 is 65.0. The first-order chi connectivity index (χ1) is 9.84. The van der Waals surface area contributed by atoms with Crippen LogP contribution in [0.3, 0.4) is 0 Å². The Bertz CT molecular complexity index is 748. The van der Waals surface area contributed by atoms with Gasteiger partial charge in [-0.1, -0.05) is 30.3 Å². The van der Waals surface area contributed by atoms with Crippen molar-refractivity contribution in [3.63, 3.8) is 0 Å². The van der Waals surface area contributed by atoms with Crippen molar-refractivity contribution in [3.8, 4) is 0 Å². The van der Waals surface area contributed by atoms with Gasteiger partial charge in [0.05, 0.1) is 0 Å². The minimum Gasteiger partial charge on any atom is -0.207 e. The fraction of sp³-hybridized carbons (Fsp3) is 0.143. The lowest BCUT2D eigenvalue weighted by atomic mass is 10.2. The molecule has 0 spiro atoms. The maximum atomic E-state index is 13.6. The smallest absolute Gasteiger partial charge is 0.207 e. The second kappa shape index (κ2) is 5.87. The standard InChI is InChI=1S/C14H12F3NO2S/c1-18(9-10-5-3-2-4-6-10)21(19,20)12-8-7-11(15)13(16)14(12)17/h2-8H,9H2,1H3. The van der Waals surface area contributed by atoms with Crippen molar-refractivity contribution in [1.82, 2.24) is 4.31 Å². The molecule has 0 aliphatic rings. The Balaban J connectivity index is 2.36. The second-order valence-corrected chi connectivity index (χ2v) is 6.43. The van der Waals surface area contributed by atoms with Gasteiger partial charge < -0.3 is 0 Å². The molecule has 0 unspecified atom stereocenters. The third-order valence-corrected chi connectivity index (χ3v) is 4.76. The van der Waals surface area contributed by atoms with Gasteiger partial charge in [-0.25, -0.2) is 21.6 Å². The van der Waals surface area contributed by atoms with Gasteiger partial charge in [0.1, 0.15) is 4.90 Å². The highest BCUT2D eigenvalue weighted by atomic mass is 32.2. The van der Waals surface area contributed by atoms with Gasteiger partial charge in [-0.15, -0.1) is 0 Å². The average molecular weight is 315 g/mol. The first-order valence-electron chi connectivity index (χ1n) is 5.98. The molecule has 0 radical (unpaired) electrons. The molecule has 2 rings (SSSR count). The monoisotopic (exact) mass is 315 g/mol. The zero-order chi connectivity index (χ0) is 15.6. The van der Waals surface area contributed by atoms with Crippen LogP contribution in [0.4, 0.5) is 13.2 Å². The van der Waals surface area contributed by atoms with Crippen LogP contribution in [0, 0.1) is 17.5 Å². The van der Waals surface area contributed by atoms with Crippen LogP contribution >= 0.6 is 0 Å². The van der Waals surface area contributed by atoms with Crippen molar-refractivity contribution in [2.24, 2.45) is 0 Å². The van der Waals surface area contributed by atoms with E-state index in [1.165, 1.54) is 7.05 Å². The molecular formula is C14H12F3NO2S. The third-order valence-electron chi connectivity index (χ3n) is 2.94. The van der Waals surface area contributed by atoms with E-state index in [9.17, 15) is 21.6 Å². The normalized spacial score (nSPS) is 11.9. The summed E-state index contributed by atoms with van der Waals surface area (Å²) in [6, 6.07) is 9.93. The van der Waals surface area contributed by atoms with Crippen molar-refractivity contribution in [2.45, 2.75) is 11.4 Å². The molecule has 0 bridgehead atoms. The van der Waals surface area contributed by atoms with E-state index in [-0.39, 0.29) is 6.54 Å². The van der Waals surface area contributed by atoms with E-state index >= 15 is 0 Å². The molecule has 0 N–H and O–H groups in total. The van der Waals surface area contributed by atoms with E-state index in [2.05, 4.69) is 0 Å². The zero-order valence-electron chi connectivity index (χ0n) is 11.1. The number of hydrogen-bond acceptors (Lipinski definition) is 2. The number of rotatable bonds is 4. The SMILES string of the molecule is CN(Cc1ccccc1)S(=O)(=O)c1ccc(F)c(F)c1F. The molecule has 0 aliphatic heterocycles. The van der Waals surface area contributed by atoms with Gasteiger partial charge >= 0.3 is 0 Å². The lowest BCUT2D eigenvalue weighted by Gasteiger charge is -2.17. The van der Waals surface area contributed by atoms with E-state index in [0.29, 0.717) is 17.7 Å². The second-order valence-electron chi connectivity index (χ2n) is 4.42. The fourth-order valence-electron chi connectivity index (χ4n) is 1.80. The lowest BCUT2D eigenvalue weighted by Crippen LogP contribution is -2.27. The van der Waals surface area contributed by atoms with E-state index in [1.54, 1.807) is 30.3 Å². The van der Waals surface area contributed by atoms with Crippen molar-refractivity contribution >= 4 is 10.0 Å². The molecule has 0 heterocycles. The summed E-state index contributed by atoms with van der Waals surface area (Å²) in [5.74, 6) is -4.95. The molecule has 0 amide bonds. The quantitative estimate of drug-likeness (QED) is 0.814. The highest BCUT2D eigenvalue weighted by molar-refractivity contribution is 7.89. The summed E-state index contributed by atoms with van der Waals surface area (Å²) in [4.78, 5) is -0.889. The summed E-state index contributed by atoms with van der Waals surface area (Å²) in [6.45, 7) is -0.0123. The molecule has 21 heavy (non-hydrogen) atoms. The number of halogens is 3. The van der Waals surface area contributed by atoms with E-state index < -0.39 is 32.4 Å². The summed E-state index contributed by atoms with van der Waals surface area (Å²) in [6.07, 6.45) is 0. The van der Waals surface area contributed by atoms with Crippen LogP contribution in [0.2, 0.25) is 0 Å². The van der Waals surface area contributed by atoms with E-state index in [1.807, 2.05) is 0 Å². The first kappa shape index (κ1) is 15.5. The Hall–Kier alpha value is -1.86. The maximum Gasteiger partial charge on any atom is 0.246 e. The van der Waals surface area contributed by atoms with Crippen LogP contribution in [-0.2, 0) is 16.6 Å². The van der Waals surface area contributed by atoms with Gasteiger partial charge in [-0.05, 0) is 17.7 Å². The van der Waals surface area contributed by atoms with Crippen LogP contribution in [0.1, 0.15) is 5.56 Å². The number of hydrogen-bond donors (Lipinski definition) is 0. The van der Waals surface area contributed by atoms with Crippen molar-refractivity contribution in [3.05, 3.63) is 65.5 Å². The highest BCUT2D eigenvalue weighted by Crippen LogP contribution is 2.23. The van der Waals surface area contributed by atoms with Gasteiger partial charge in [0.2, 0.25) is 10.0 Å². The molecule has 2 aromatic carbocycles. The topological polar surface area (TPSA) is 37.4 Å². The van der Waals surface area contributed by atoms with E-state index in [4.69, 9.17) is 0 Å². The van der Waals surface area contributed by atoms with Gasteiger partial charge in [-0.3, -0.25) is 0 Å². The molecule has 0 saturated heterocycles. The molecule has 3 nitrogen and oxygen atoms in total. The predicted octanol–water partition coefficient (Wildman–Crippen LogP) is 2.92. The van der Waals surface area contributed by atoms with Crippen LogP contribution in [0.5, 0.6) is 0 Å². The summed E-state index contributed by atoms with van der Waals surface area (Å²) in [5.41, 5.74) is 0.687. The first-order valence-corrected chi connectivity index (χ1v) is 7.42. The Morgan fingerprint density at radius 2 is 1.57 bits per heavy atom. The maximum absolute atomic E-state index is 13.6. The molecule has 7 heteroatoms. The number of nitrogens with zero attached hydrogens (tertiary/aromatic N) is 1. The van der Waals surface area contributed by atoms with Crippen LogP contribution in [0.15, 0.2) is 47.4 Å². The van der Waals surface area contributed by atoms with Gasteiger partial charge in [-0.2, -0.15) is 4.31 Å². The van der Waals surface area contributed by atoms with Gasteiger partial charge in [0.15, 0.2) is 17.5 Å². The zero-order valence-corrected chi connectivity index (χ0v) is 11.9. The lowest BCUT2D eigenvalue weighted by molar-refractivity contribution is 0.421. The molecular weight excluding hydrogens is 303 g/mol. The summed E-state index contributed by atoms with van der Waals surface area (Å²) in [7, 11) is -3.02. The third kappa shape index (κ3) is 3.08. The Kier molecular flexibility index (Phi) is 4.34. The largest absolute Gasteiger partial charge is 0.246 e. The molecule has 0 atom stereocenters. The van der Waals surface area contributed by atoms with Crippen molar-refractivity contribution in [1.29, 1.82) is 0 Å². The van der Waals surface area contributed by atoms with Crippen LogP contribution in [-0.4, -0.2) is 19.8 Å². The Morgan fingerprint density at radius 3 is 2.19 bits per heavy atom. The molecule has 0 aliphatic carbocycles. The average Bonchev–Trinajstić information content (AvgIpc) is 2.45. The minimum atomic E-state index is -4.26. The molecule has 112 valence electrons. The molecule has 0 saturated carbocycles. The molecule has 2 aromatic rings. The van der Waals surface area contributed by atoms with Crippen molar-refractivity contribution < 1.29 is 21.6 Å².